The van der Waals surface area contributed by atoms with Crippen LogP contribution < -0.4 is 51.7 Å². The van der Waals surface area contributed by atoms with Gasteiger partial charge in [-0.1, -0.05) is 133 Å². The SMILES string of the molecule is c1cc2c3c(c1)Oc1cc4c5cc6c(cc5c5ccccc5c4cc1B3c1ccc(-n3c4ccccc4c4ccccc43)cc1O2)B1c2ccc(-n3c4ccccc4c4ccccc43)cc2Oc2cccc(c21)O6. The van der Waals surface area contributed by atoms with Crippen LogP contribution in [0.1, 0.15) is 0 Å². The Morgan fingerprint density at radius 3 is 0.905 bits per heavy atom. The fourth-order valence-electron chi connectivity index (χ4n) is 13.4. The van der Waals surface area contributed by atoms with Crippen molar-refractivity contribution in [3.63, 3.8) is 0 Å². The zero-order valence-corrected chi connectivity index (χ0v) is 39.5. The standard InChI is InChI=1S/C66H36B2N2O4/c1-2-14-40-39(13-1)45-33-51-63(73-59-25-11-23-57-65(59)67(51)49-29-27-37(31-61(49)71-57)69-53-19-7-3-15-41(53)42-16-4-8-20-54(42)69)35-47(45)48-36-64-52(34-46(40)48)68-50-30-28-38(32-62(50)72-58-24-12-26-60(74-64)66(58)68)70-55-21-9-5-17-43(55)44-18-6-10-22-56(44)70/h1-36H. The molecule has 0 N–H and O–H groups in total. The van der Waals surface area contributed by atoms with Crippen LogP contribution >= 0.6 is 0 Å². The van der Waals surface area contributed by atoms with Crippen LogP contribution in [0.4, 0.5) is 0 Å². The third-order valence-electron chi connectivity index (χ3n) is 16.5. The van der Waals surface area contributed by atoms with Crippen LogP contribution in [0.15, 0.2) is 218 Å². The lowest BCUT2D eigenvalue weighted by Gasteiger charge is -2.34. The quantitative estimate of drug-likeness (QED) is 0.128. The number of ether oxygens (including phenoxy) is 4. The highest BCUT2D eigenvalue weighted by Gasteiger charge is 2.43. The lowest BCUT2D eigenvalue weighted by molar-refractivity contribution is 0.464. The Kier molecular flexibility index (Phi) is 7.41. The highest BCUT2D eigenvalue weighted by atomic mass is 16.5. The molecule has 0 saturated carbocycles. The second-order valence-corrected chi connectivity index (χ2v) is 20.2. The average molecular weight is 943 g/mol. The summed E-state index contributed by atoms with van der Waals surface area (Å²) in [7, 11) is 0. The van der Waals surface area contributed by atoms with Gasteiger partial charge in [0.1, 0.15) is 46.0 Å². The second-order valence-electron chi connectivity index (χ2n) is 20.2. The van der Waals surface area contributed by atoms with E-state index in [1.807, 2.05) is 12.1 Å². The molecule has 0 amide bonds. The summed E-state index contributed by atoms with van der Waals surface area (Å²) in [6.07, 6.45) is 0. The molecule has 18 rings (SSSR count). The van der Waals surface area contributed by atoms with E-state index < -0.39 is 0 Å². The molecule has 14 aromatic rings. The molecule has 12 aromatic carbocycles. The Labute approximate surface area is 423 Å². The van der Waals surface area contributed by atoms with Crippen LogP contribution in [0.2, 0.25) is 0 Å². The lowest BCUT2D eigenvalue weighted by Crippen LogP contribution is -2.57. The van der Waals surface area contributed by atoms with Crippen molar-refractivity contribution in [1.82, 2.24) is 9.13 Å². The molecule has 0 spiro atoms. The number of rotatable bonds is 2. The van der Waals surface area contributed by atoms with Crippen LogP contribution in [0.3, 0.4) is 0 Å². The van der Waals surface area contributed by atoms with Gasteiger partial charge in [-0.2, -0.15) is 0 Å². The Balaban J connectivity index is 0.817. The predicted octanol–water partition coefficient (Wildman–Crippen LogP) is 12.8. The van der Waals surface area contributed by atoms with E-state index in [1.54, 1.807) is 0 Å². The average Bonchev–Trinajstić information content (AvgIpc) is 4.01. The van der Waals surface area contributed by atoms with Gasteiger partial charge < -0.3 is 28.1 Å². The smallest absolute Gasteiger partial charge is 0.260 e. The fourth-order valence-corrected chi connectivity index (χ4v) is 13.4. The molecule has 0 atom stereocenters. The van der Waals surface area contributed by atoms with Gasteiger partial charge in [-0.3, -0.25) is 0 Å². The summed E-state index contributed by atoms with van der Waals surface area (Å²) in [6.45, 7) is -0.220. The molecule has 0 bridgehead atoms. The number of hydrogen-bond acceptors (Lipinski definition) is 4. The molecule has 0 radical (unpaired) electrons. The molecule has 0 fully saturated rings. The Bertz CT molecular complexity index is 4490. The number of para-hydroxylation sites is 4. The molecule has 6 nitrogen and oxygen atoms in total. The number of fused-ring (bicyclic) bond motifs is 20. The molecular weight excluding hydrogens is 906 g/mol. The highest BCUT2D eigenvalue weighted by Crippen LogP contribution is 2.44. The van der Waals surface area contributed by atoms with Crippen molar-refractivity contribution in [2.24, 2.45) is 0 Å². The Morgan fingerprint density at radius 2 is 0.541 bits per heavy atom. The van der Waals surface area contributed by atoms with Gasteiger partial charge >= 0.3 is 0 Å². The van der Waals surface area contributed by atoms with Crippen LogP contribution in [-0.2, 0) is 0 Å². The van der Waals surface area contributed by atoms with E-state index in [-0.39, 0.29) is 13.4 Å². The fraction of sp³-hybridized carbons (Fsp3) is 0. The molecular formula is C66H36B2N2O4. The van der Waals surface area contributed by atoms with E-state index in [4.69, 9.17) is 18.9 Å². The normalized spacial score (nSPS) is 13.5. The first-order valence-corrected chi connectivity index (χ1v) is 25.4. The van der Waals surface area contributed by atoms with Crippen LogP contribution in [0.5, 0.6) is 46.0 Å². The first-order valence-electron chi connectivity index (χ1n) is 25.4. The van der Waals surface area contributed by atoms with Gasteiger partial charge in [0.05, 0.1) is 22.1 Å². The first-order chi connectivity index (χ1) is 36.7. The minimum Gasteiger partial charge on any atom is -0.458 e. The van der Waals surface area contributed by atoms with Crippen molar-refractivity contribution in [3.8, 4) is 57.4 Å². The van der Waals surface area contributed by atoms with Gasteiger partial charge in [0.25, 0.3) is 13.4 Å². The summed E-state index contributed by atoms with van der Waals surface area (Å²) in [5.74, 6) is 6.64. The topological polar surface area (TPSA) is 46.8 Å². The highest BCUT2D eigenvalue weighted by molar-refractivity contribution is 6.99. The zero-order valence-electron chi connectivity index (χ0n) is 39.5. The maximum atomic E-state index is 6.99. The summed E-state index contributed by atoms with van der Waals surface area (Å²) < 4.78 is 32.5. The van der Waals surface area contributed by atoms with Gasteiger partial charge in [0, 0.05) is 56.0 Å². The molecule has 0 unspecified atom stereocenters. The van der Waals surface area contributed by atoms with E-state index >= 15 is 0 Å². The molecule has 4 aliphatic rings. The molecule has 8 heteroatoms. The molecule has 6 heterocycles. The third-order valence-corrected chi connectivity index (χ3v) is 16.5. The van der Waals surface area contributed by atoms with Crippen LogP contribution in [0, 0.1) is 0 Å². The van der Waals surface area contributed by atoms with Gasteiger partial charge in [-0.25, -0.2) is 0 Å². The minimum atomic E-state index is -0.110. The van der Waals surface area contributed by atoms with Crippen molar-refractivity contribution >= 4 is 122 Å². The number of benzene rings is 12. The summed E-state index contributed by atoms with van der Waals surface area (Å²) >= 11 is 0. The second kappa shape index (κ2) is 14.1. The number of aromatic nitrogens is 2. The van der Waals surface area contributed by atoms with Gasteiger partial charge in [-0.05, 0) is 127 Å². The Hall–Kier alpha value is -9.65. The monoisotopic (exact) mass is 942 g/mol. The molecule has 0 saturated heterocycles. The van der Waals surface area contributed by atoms with Crippen LogP contribution in [-0.4, -0.2) is 22.6 Å². The van der Waals surface area contributed by atoms with E-state index in [9.17, 15) is 0 Å². The molecule has 74 heavy (non-hydrogen) atoms. The first kappa shape index (κ1) is 39.0. The van der Waals surface area contributed by atoms with Gasteiger partial charge in [-0.15, -0.1) is 0 Å². The summed E-state index contributed by atoms with van der Waals surface area (Å²) in [5, 5.41) is 11.8. The van der Waals surface area contributed by atoms with Gasteiger partial charge in [0.2, 0.25) is 0 Å². The predicted molar refractivity (Wildman–Crippen MR) is 303 cm³/mol. The largest absolute Gasteiger partial charge is 0.458 e. The number of nitrogens with zero attached hydrogens (tertiary/aromatic N) is 2. The van der Waals surface area contributed by atoms with Crippen molar-refractivity contribution in [1.29, 1.82) is 0 Å². The summed E-state index contributed by atoms with van der Waals surface area (Å²) in [6, 6.07) is 78.6. The summed E-state index contributed by atoms with van der Waals surface area (Å²) in [5.41, 5.74) is 13.3. The maximum Gasteiger partial charge on any atom is 0.260 e. The summed E-state index contributed by atoms with van der Waals surface area (Å²) in [4.78, 5) is 0. The minimum absolute atomic E-state index is 0.110. The third kappa shape index (κ3) is 5.06. The zero-order chi connectivity index (χ0) is 47.9. The van der Waals surface area contributed by atoms with Crippen molar-refractivity contribution in [2.45, 2.75) is 0 Å². The molecule has 340 valence electrons. The number of hydrogen-bond donors (Lipinski definition) is 0. The molecule has 2 aromatic heterocycles. The molecule has 4 aliphatic heterocycles. The molecule has 0 aliphatic carbocycles. The lowest BCUT2D eigenvalue weighted by atomic mass is 9.34. The van der Waals surface area contributed by atoms with Gasteiger partial charge in [0.15, 0.2) is 0 Å². The van der Waals surface area contributed by atoms with E-state index in [1.165, 1.54) is 43.1 Å². The van der Waals surface area contributed by atoms with E-state index in [0.717, 1.165) is 123 Å². The van der Waals surface area contributed by atoms with Crippen molar-refractivity contribution in [2.75, 3.05) is 0 Å². The van der Waals surface area contributed by atoms with E-state index in [0.29, 0.717) is 0 Å². The van der Waals surface area contributed by atoms with E-state index in [2.05, 4.69) is 215 Å². The van der Waals surface area contributed by atoms with Crippen molar-refractivity contribution in [3.05, 3.63) is 218 Å². The van der Waals surface area contributed by atoms with Crippen LogP contribution in [0.25, 0.3) is 87.3 Å². The van der Waals surface area contributed by atoms with Crippen molar-refractivity contribution < 1.29 is 18.9 Å². The Morgan fingerprint density at radius 1 is 0.230 bits per heavy atom. The maximum absolute atomic E-state index is 6.99.